The lowest BCUT2D eigenvalue weighted by Crippen LogP contribution is -2.58. The van der Waals surface area contributed by atoms with Crippen molar-refractivity contribution in [1.82, 2.24) is 4.90 Å². The second-order valence-corrected chi connectivity index (χ2v) is 6.75. The van der Waals surface area contributed by atoms with Crippen LogP contribution in [-0.2, 0) is 4.79 Å². The summed E-state index contributed by atoms with van der Waals surface area (Å²) < 4.78 is 0. The quantitative estimate of drug-likeness (QED) is 0.842. The van der Waals surface area contributed by atoms with E-state index in [1.807, 2.05) is 75.1 Å². The Bertz CT molecular complexity index is 828. The summed E-state index contributed by atoms with van der Waals surface area (Å²) in [6.45, 7) is 8.91. The van der Waals surface area contributed by atoms with Crippen LogP contribution in [-0.4, -0.2) is 35.8 Å². The second kappa shape index (κ2) is 6.71. The van der Waals surface area contributed by atoms with Crippen molar-refractivity contribution in [2.24, 2.45) is 0 Å². The minimum atomic E-state index is -0.471. The van der Waals surface area contributed by atoms with Crippen molar-refractivity contribution in [3.05, 3.63) is 64.7 Å². The summed E-state index contributed by atoms with van der Waals surface area (Å²) >= 11 is 0. The van der Waals surface area contributed by atoms with Crippen molar-refractivity contribution in [3.63, 3.8) is 0 Å². The van der Waals surface area contributed by atoms with Gasteiger partial charge in [-0.25, -0.2) is 0 Å². The van der Waals surface area contributed by atoms with E-state index in [9.17, 15) is 9.59 Å². The van der Waals surface area contributed by atoms with Crippen molar-refractivity contribution in [2.75, 3.05) is 18.0 Å². The number of carbonyl (C=O) groups is 2. The number of benzene rings is 2. The fourth-order valence-corrected chi connectivity index (χ4v) is 3.36. The molecule has 0 bridgehead atoms. The van der Waals surface area contributed by atoms with Crippen LogP contribution >= 0.6 is 0 Å². The standard InChI is InChI=1S/C21H24N2O2/c1-14-7-5-9-18(13-14)21(25)22-11-12-23(20(24)17(22)4)19-10-6-8-15(2)16(19)3/h5-10,13,17H,11-12H2,1-4H3/t17-/m1/s1. The average molecular weight is 336 g/mol. The van der Waals surface area contributed by atoms with Gasteiger partial charge < -0.3 is 9.80 Å². The lowest BCUT2D eigenvalue weighted by Gasteiger charge is -2.39. The maximum absolute atomic E-state index is 12.9. The molecule has 0 N–H and O–H groups in total. The molecule has 25 heavy (non-hydrogen) atoms. The van der Waals surface area contributed by atoms with Crippen LogP contribution in [0.4, 0.5) is 5.69 Å². The molecule has 1 heterocycles. The van der Waals surface area contributed by atoms with Gasteiger partial charge in [-0.05, 0) is 57.0 Å². The lowest BCUT2D eigenvalue weighted by molar-refractivity contribution is -0.124. The van der Waals surface area contributed by atoms with Crippen LogP contribution in [0.1, 0.15) is 34.0 Å². The highest BCUT2D eigenvalue weighted by molar-refractivity contribution is 6.03. The predicted octanol–water partition coefficient (Wildman–Crippen LogP) is 3.49. The van der Waals surface area contributed by atoms with Gasteiger partial charge in [0, 0.05) is 24.3 Å². The molecule has 4 nitrogen and oxygen atoms in total. The van der Waals surface area contributed by atoms with Crippen molar-refractivity contribution >= 4 is 17.5 Å². The first-order valence-corrected chi connectivity index (χ1v) is 8.65. The summed E-state index contributed by atoms with van der Waals surface area (Å²) in [6, 6.07) is 13.0. The number of aryl methyl sites for hydroxylation is 2. The normalized spacial score (nSPS) is 17.8. The Labute approximate surface area is 149 Å². The summed E-state index contributed by atoms with van der Waals surface area (Å²) in [6.07, 6.45) is 0. The van der Waals surface area contributed by atoms with Crippen LogP contribution in [0.25, 0.3) is 0 Å². The topological polar surface area (TPSA) is 40.6 Å². The zero-order valence-electron chi connectivity index (χ0n) is 15.2. The zero-order valence-corrected chi connectivity index (χ0v) is 15.2. The van der Waals surface area contributed by atoms with Gasteiger partial charge in [-0.1, -0.05) is 29.8 Å². The highest BCUT2D eigenvalue weighted by Crippen LogP contribution is 2.26. The van der Waals surface area contributed by atoms with Gasteiger partial charge in [-0.3, -0.25) is 9.59 Å². The average Bonchev–Trinajstić information content (AvgIpc) is 2.59. The van der Waals surface area contributed by atoms with Crippen LogP contribution in [0.5, 0.6) is 0 Å². The first-order valence-electron chi connectivity index (χ1n) is 8.65. The molecular formula is C21H24N2O2. The lowest BCUT2D eigenvalue weighted by atomic mass is 10.0. The third-order valence-corrected chi connectivity index (χ3v) is 5.05. The molecule has 1 fully saturated rings. The first kappa shape index (κ1) is 17.2. The minimum Gasteiger partial charge on any atom is -0.325 e. The predicted molar refractivity (Wildman–Crippen MR) is 99.9 cm³/mol. The smallest absolute Gasteiger partial charge is 0.254 e. The van der Waals surface area contributed by atoms with Crippen LogP contribution in [0.15, 0.2) is 42.5 Å². The highest BCUT2D eigenvalue weighted by Gasteiger charge is 2.35. The van der Waals surface area contributed by atoms with E-state index in [0.717, 1.165) is 22.4 Å². The van der Waals surface area contributed by atoms with Crippen LogP contribution in [0.2, 0.25) is 0 Å². The van der Waals surface area contributed by atoms with E-state index in [1.54, 1.807) is 4.90 Å². The number of nitrogens with zero attached hydrogens (tertiary/aromatic N) is 2. The van der Waals surface area contributed by atoms with Gasteiger partial charge in [0.05, 0.1) is 0 Å². The number of hydrogen-bond acceptors (Lipinski definition) is 2. The molecule has 3 rings (SSSR count). The zero-order chi connectivity index (χ0) is 18.1. The van der Waals surface area contributed by atoms with E-state index in [-0.39, 0.29) is 11.8 Å². The molecule has 1 aliphatic heterocycles. The third-order valence-electron chi connectivity index (χ3n) is 5.05. The fraction of sp³-hybridized carbons (Fsp3) is 0.333. The molecule has 2 amide bonds. The maximum Gasteiger partial charge on any atom is 0.254 e. The molecule has 0 unspecified atom stereocenters. The summed E-state index contributed by atoms with van der Waals surface area (Å²) in [5.41, 5.74) is 4.90. The molecule has 130 valence electrons. The Morgan fingerprint density at radius 1 is 1.04 bits per heavy atom. The maximum atomic E-state index is 12.9. The van der Waals surface area contributed by atoms with Gasteiger partial charge in [0.25, 0.3) is 5.91 Å². The van der Waals surface area contributed by atoms with E-state index >= 15 is 0 Å². The summed E-state index contributed by atoms with van der Waals surface area (Å²) in [5.74, 6) is -0.105. The third kappa shape index (κ3) is 3.16. The van der Waals surface area contributed by atoms with E-state index in [0.29, 0.717) is 18.7 Å². The van der Waals surface area contributed by atoms with Crippen LogP contribution in [0.3, 0.4) is 0 Å². The fourth-order valence-electron chi connectivity index (χ4n) is 3.36. The van der Waals surface area contributed by atoms with Crippen molar-refractivity contribution < 1.29 is 9.59 Å². The Morgan fingerprint density at radius 3 is 2.48 bits per heavy atom. The monoisotopic (exact) mass is 336 g/mol. The molecule has 0 radical (unpaired) electrons. The van der Waals surface area contributed by atoms with Crippen molar-refractivity contribution in [1.29, 1.82) is 0 Å². The Hall–Kier alpha value is -2.62. The molecular weight excluding hydrogens is 312 g/mol. The molecule has 0 aliphatic carbocycles. The largest absolute Gasteiger partial charge is 0.325 e. The Kier molecular flexibility index (Phi) is 4.62. The highest BCUT2D eigenvalue weighted by atomic mass is 16.2. The molecule has 0 spiro atoms. The van der Waals surface area contributed by atoms with Gasteiger partial charge in [0.1, 0.15) is 6.04 Å². The summed E-state index contributed by atoms with van der Waals surface area (Å²) in [5, 5.41) is 0. The van der Waals surface area contributed by atoms with E-state index in [4.69, 9.17) is 0 Å². The number of carbonyl (C=O) groups excluding carboxylic acids is 2. The number of piperazine rings is 1. The second-order valence-electron chi connectivity index (χ2n) is 6.75. The first-order chi connectivity index (χ1) is 11.9. The molecule has 0 aromatic heterocycles. The van der Waals surface area contributed by atoms with Crippen molar-refractivity contribution in [2.45, 2.75) is 33.7 Å². The van der Waals surface area contributed by atoms with Gasteiger partial charge in [0.15, 0.2) is 0 Å². The molecule has 1 aliphatic rings. The van der Waals surface area contributed by atoms with Crippen molar-refractivity contribution in [3.8, 4) is 0 Å². The summed E-state index contributed by atoms with van der Waals surface area (Å²) in [4.78, 5) is 29.3. The molecule has 4 heteroatoms. The molecule has 1 atom stereocenters. The minimum absolute atomic E-state index is 0.0269. The van der Waals surface area contributed by atoms with E-state index < -0.39 is 6.04 Å². The van der Waals surface area contributed by atoms with Crippen LogP contribution < -0.4 is 4.90 Å². The van der Waals surface area contributed by atoms with Gasteiger partial charge in [-0.15, -0.1) is 0 Å². The van der Waals surface area contributed by atoms with Crippen LogP contribution in [0, 0.1) is 20.8 Å². The van der Waals surface area contributed by atoms with Gasteiger partial charge in [-0.2, -0.15) is 0 Å². The Balaban J connectivity index is 1.84. The molecule has 2 aromatic carbocycles. The van der Waals surface area contributed by atoms with E-state index in [1.165, 1.54) is 0 Å². The molecule has 1 saturated heterocycles. The number of anilines is 1. The molecule has 2 aromatic rings. The SMILES string of the molecule is Cc1cccc(C(=O)N2CCN(c3cccc(C)c3C)C(=O)[C@H]2C)c1. The number of rotatable bonds is 2. The van der Waals surface area contributed by atoms with Gasteiger partial charge in [0.2, 0.25) is 5.91 Å². The van der Waals surface area contributed by atoms with Gasteiger partial charge >= 0.3 is 0 Å². The number of amides is 2. The molecule has 0 saturated carbocycles. The Morgan fingerprint density at radius 2 is 1.76 bits per heavy atom. The summed E-state index contributed by atoms with van der Waals surface area (Å²) in [7, 11) is 0. The number of hydrogen-bond donors (Lipinski definition) is 0. The van der Waals surface area contributed by atoms with E-state index in [2.05, 4.69) is 0 Å².